The third-order valence-electron chi connectivity index (χ3n) is 3.43. The summed E-state index contributed by atoms with van der Waals surface area (Å²) in [6.45, 7) is 10.9. The number of pyridine rings is 2. The average molecular weight is 499 g/mol. The van der Waals surface area contributed by atoms with Crippen molar-refractivity contribution in [1.29, 1.82) is 0 Å². The molecule has 0 radical (unpaired) electrons. The Balaban J connectivity index is 0.000000607. The van der Waals surface area contributed by atoms with Gasteiger partial charge in [-0.1, -0.05) is 36.7 Å². The Labute approximate surface area is 205 Å². The summed E-state index contributed by atoms with van der Waals surface area (Å²) in [6.07, 6.45) is 3.87. The van der Waals surface area contributed by atoms with Crippen molar-refractivity contribution < 1.29 is 23.9 Å². The molecule has 0 N–H and O–H groups in total. The van der Waals surface area contributed by atoms with Gasteiger partial charge in [-0.25, -0.2) is 9.97 Å². The topological polar surface area (TPSA) is 95.5 Å². The van der Waals surface area contributed by atoms with Crippen LogP contribution in [0.3, 0.4) is 0 Å². The Kier molecular flexibility index (Phi) is 12.2. The van der Waals surface area contributed by atoms with E-state index in [9.17, 15) is 14.4 Å². The van der Waals surface area contributed by atoms with Crippen LogP contribution >= 0.6 is 23.2 Å². The van der Waals surface area contributed by atoms with Crippen molar-refractivity contribution in [3.05, 3.63) is 57.6 Å². The molecule has 0 amide bonds. The number of hydrogen-bond acceptors (Lipinski definition) is 7. The van der Waals surface area contributed by atoms with Crippen LogP contribution in [0.2, 0.25) is 10.3 Å². The van der Waals surface area contributed by atoms with Gasteiger partial charge in [-0.05, 0) is 64.8 Å². The molecule has 182 valence electrons. The first-order chi connectivity index (χ1) is 14.7. The fraction of sp³-hybridized carbons (Fsp3) is 0.458. The number of aromatic nitrogens is 2. The number of halogens is 2. The maximum absolute atomic E-state index is 11.6. The quantitative estimate of drug-likeness (QED) is 0.296. The van der Waals surface area contributed by atoms with Crippen molar-refractivity contribution >= 4 is 41.4 Å². The lowest BCUT2D eigenvalue weighted by molar-refractivity contribution is -0.155. The molecule has 7 nitrogen and oxygen atoms in total. The van der Waals surface area contributed by atoms with E-state index in [1.165, 1.54) is 12.3 Å². The lowest BCUT2D eigenvalue weighted by Gasteiger charge is -2.19. The number of aldehydes is 1. The fourth-order valence-electron chi connectivity index (χ4n) is 2.32. The van der Waals surface area contributed by atoms with E-state index in [0.717, 1.165) is 5.56 Å². The molecule has 33 heavy (non-hydrogen) atoms. The molecule has 0 unspecified atom stereocenters. The summed E-state index contributed by atoms with van der Waals surface area (Å²) >= 11 is 11.3. The molecular weight excluding hydrogens is 467 g/mol. The summed E-state index contributed by atoms with van der Waals surface area (Å²) in [5.41, 5.74) is 0.679. The van der Waals surface area contributed by atoms with E-state index < -0.39 is 17.2 Å². The molecule has 0 atom stereocenters. The lowest BCUT2D eigenvalue weighted by Crippen LogP contribution is -2.25. The van der Waals surface area contributed by atoms with Crippen molar-refractivity contribution in [2.24, 2.45) is 0 Å². The van der Waals surface area contributed by atoms with Crippen molar-refractivity contribution in [3.8, 4) is 0 Å². The van der Waals surface area contributed by atoms with E-state index in [1.807, 2.05) is 20.8 Å². The van der Waals surface area contributed by atoms with Crippen LogP contribution in [0.25, 0.3) is 0 Å². The predicted octanol–water partition coefficient (Wildman–Crippen LogP) is 5.69. The Morgan fingerprint density at radius 1 is 0.879 bits per heavy atom. The van der Waals surface area contributed by atoms with Crippen molar-refractivity contribution in [1.82, 2.24) is 9.97 Å². The van der Waals surface area contributed by atoms with Crippen molar-refractivity contribution in [2.75, 3.05) is 0 Å². The zero-order valence-corrected chi connectivity index (χ0v) is 20.6. The molecule has 0 saturated carbocycles. The van der Waals surface area contributed by atoms with Gasteiger partial charge in [-0.2, -0.15) is 0 Å². The zero-order chi connectivity index (χ0) is 24.5. The first kappa shape index (κ1) is 30.5. The molecule has 2 aromatic rings. The smallest absolute Gasteiger partial charge is 0.310 e. The highest BCUT2D eigenvalue weighted by Crippen LogP contribution is 2.15. The third kappa shape index (κ3) is 13.6. The highest BCUT2D eigenvalue weighted by molar-refractivity contribution is 6.29. The molecule has 2 rings (SSSR count). The van der Waals surface area contributed by atoms with Crippen LogP contribution in [-0.4, -0.2) is 39.4 Å². The summed E-state index contributed by atoms with van der Waals surface area (Å²) in [4.78, 5) is 41.5. The summed E-state index contributed by atoms with van der Waals surface area (Å²) < 4.78 is 10.3. The molecule has 0 fully saturated rings. The number of esters is 2. The molecule has 0 aliphatic carbocycles. The van der Waals surface area contributed by atoms with Crippen LogP contribution in [0, 0.1) is 0 Å². The second-order valence-electron chi connectivity index (χ2n) is 8.84. The summed E-state index contributed by atoms with van der Waals surface area (Å²) in [6, 6.07) is 4.84. The summed E-state index contributed by atoms with van der Waals surface area (Å²) in [5, 5.41) is 0.642. The van der Waals surface area contributed by atoms with Gasteiger partial charge in [-0.3, -0.25) is 14.4 Å². The number of hydrogen-bond donors (Lipinski definition) is 0. The molecule has 9 heteroatoms. The average Bonchev–Trinajstić information content (AvgIpc) is 2.62. The molecule has 2 aromatic heterocycles. The van der Waals surface area contributed by atoms with E-state index >= 15 is 0 Å². The Hall–Kier alpha value is -2.51. The highest BCUT2D eigenvalue weighted by atomic mass is 35.5. The molecule has 0 aromatic carbocycles. The number of carbonyl (C=O) groups is 3. The van der Waals surface area contributed by atoms with Gasteiger partial charge in [0.05, 0.1) is 12.8 Å². The second-order valence-corrected chi connectivity index (χ2v) is 9.61. The van der Waals surface area contributed by atoms with Gasteiger partial charge in [0.15, 0.2) is 6.29 Å². The van der Waals surface area contributed by atoms with Crippen LogP contribution in [0.5, 0.6) is 0 Å². The Bertz CT molecular complexity index is 933. The van der Waals surface area contributed by atoms with Gasteiger partial charge in [0, 0.05) is 18.0 Å². The largest absolute Gasteiger partial charge is 0.460 e. The monoisotopic (exact) mass is 498 g/mol. The van der Waals surface area contributed by atoms with Crippen molar-refractivity contribution in [2.45, 2.75) is 73.0 Å². The van der Waals surface area contributed by atoms with Crippen LogP contribution < -0.4 is 0 Å². The number of ether oxygens (including phenoxy) is 2. The van der Waals surface area contributed by atoms with Crippen LogP contribution in [0.1, 0.15) is 70.5 Å². The maximum Gasteiger partial charge on any atom is 0.310 e. The van der Waals surface area contributed by atoms with Gasteiger partial charge in [0.2, 0.25) is 0 Å². The minimum atomic E-state index is -0.543. The minimum Gasteiger partial charge on any atom is -0.460 e. The molecule has 0 aliphatic rings. The minimum absolute atomic E-state index is 0. The molecule has 0 saturated heterocycles. The van der Waals surface area contributed by atoms with Gasteiger partial charge in [-0.15, -0.1) is 0 Å². The van der Waals surface area contributed by atoms with Crippen LogP contribution in [0.15, 0.2) is 30.6 Å². The SMILES string of the molecule is C.CC(C)(C)OC(=O)Cc1ccc(Cl)nc1.CC(C)(C)OC(=O)Cc1cnc(Cl)cc1C=O. The normalized spacial score (nSPS) is 10.8. The lowest BCUT2D eigenvalue weighted by atomic mass is 10.1. The Morgan fingerprint density at radius 3 is 1.85 bits per heavy atom. The fourth-order valence-corrected chi connectivity index (χ4v) is 2.60. The molecule has 0 spiro atoms. The molecule has 0 aliphatic heterocycles. The number of nitrogens with zero attached hydrogens (tertiary/aromatic N) is 2. The van der Waals surface area contributed by atoms with E-state index in [-0.39, 0.29) is 31.4 Å². The first-order valence-electron chi connectivity index (χ1n) is 9.82. The maximum atomic E-state index is 11.6. The number of rotatable bonds is 5. The van der Waals surface area contributed by atoms with Gasteiger partial charge in [0.1, 0.15) is 21.5 Å². The third-order valence-corrected chi connectivity index (χ3v) is 3.86. The molecular formula is C24H32Cl2N2O5. The van der Waals surface area contributed by atoms with E-state index in [2.05, 4.69) is 9.97 Å². The van der Waals surface area contributed by atoms with E-state index in [0.29, 0.717) is 22.6 Å². The summed E-state index contributed by atoms with van der Waals surface area (Å²) in [7, 11) is 0. The second kappa shape index (κ2) is 13.3. The standard InChI is InChI=1S/C12H14ClNO3.C11H14ClNO2.CH4/c1-12(2,3)17-11(16)5-8-6-14-10(13)4-9(8)7-15;1-11(2,3)15-10(14)6-8-4-5-9(12)13-7-8;/h4,6-7H,5H2,1-3H3;4-5,7H,6H2,1-3H3;1H4. The molecule has 0 bridgehead atoms. The van der Waals surface area contributed by atoms with E-state index in [1.54, 1.807) is 39.1 Å². The van der Waals surface area contributed by atoms with Gasteiger partial charge < -0.3 is 9.47 Å². The summed E-state index contributed by atoms with van der Waals surface area (Å²) in [5.74, 6) is -0.656. The van der Waals surface area contributed by atoms with Crippen LogP contribution in [0.4, 0.5) is 0 Å². The molecule has 2 heterocycles. The number of carbonyl (C=O) groups excluding carboxylic acids is 3. The first-order valence-corrected chi connectivity index (χ1v) is 10.6. The Morgan fingerprint density at radius 2 is 1.39 bits per heavy atom. The van der Waals surface area contributed by atoms with E-state index in [4.69, 9.17) is 32.7 Å². The predicted molar refractivity (Wildman–Crippen MR) is 130 cm³/mol. The zero-order valence-electron chi connectivity index (χ0n) is 19.1. The van der Waals surface area contributed by atoms with Crippen LogP contribution in [-0.2, 0) is 31.9 Å². The van der Waals surface area contributed by atoms with Gasteiger partial charge >= 0.3 is 11.9 Å². The van der Waals surface area contributed by atoms with Crippen molar-refractivity contribution in [3.63, 3.8) is 0 Å². The van der Waals surface area contributed by atoms with Gasteiger partial charge in [0.25, 0.3) is 0 Å². The highest BCUT2D eigenvalue weighted by Gasteiger charge is 2.18.